The highest BCUT2D eigenvalue weighted by Gasteiger charge is 2.06. The Kier molecular flexibility index (Phi) is 5.32. The van der Waals surface area contributed by atoms with E-state index < -0.39 is 0 Å². The normalized spacial score (nSPS) is 12.0. The number of furan rings is 1. The van der Waals surface area contributed by atoms with Crippen molar-refractivity contribution in [2.24, 2.45) is 0 Å². The van der Waals surface area contributed by atoms with E-state index in [1.165, 1.54) is 0 Å². The van der Waals surface area contributed by atoms with Crippen molar-refractivity contribution in [3.8, 4) is 0 Å². The van der Waals surface area contributed by atoms with Gasteiger partial charge in [-0.3, -0.25) is 0 Å². The molecule has 1 aromatic heterocycles. The molecule has 0 saturated heterocycles. The second kappa shape index (κ2) is 6.28. The van der Waals surface area contributed by atoms with Crippen LogP contribution in [0.3, 0.4) is 0 Å². The Bertz CT molecular complexity index is 304. The van der Waals surface area contributed by atoms with Crippen molar-refractivity contribution >= 4 is 11.6 Å². The SMILES string of the molecule is CC(C)(C)NCCCNCc1ccc(Cl)o1. The molecule has 0 bridgehead atoms. The van der Waals surface area contributed by atoms with Gasteiger partial charge in [-0.05, 0) is 64.0 Å². The lowest BCUT2D eigenvalue weighted by molar-refractivity contribution is 0.415. The molecular weight excluding hydrogens is 224 g/mol. The average Bonchev–Trinajstić information content (AvgIpc) is 2.56. The molecule has 4 heteroatoms. The number of hydrogen-bond donors (Lipinski definition) is 2. The Balaban J connectivity index is 2.00. The van der Waals surface area contributed by atoms with Crippen LogP contribution in [-0.4, -0.2) is 18.6 Å². The minimum absolute atomic E-state index is 0.203. The molecule has 0 radical (unpaired) electrons. The van der Waals surface area contributed by atoms with Crippen LogP contribution in [0.25, 0.3) is 0 Å². The van der Waals surface area contributed by atoms with Crippen LogP contribution in [0.4, 0.5) is 0 Å². The first-order chi connectivity index (χ1) is 7.47. The summed E-state index contributed by atoms with van der Waals surface area (Å²) in [5.41, 5.74) is 0.203. The number of hydrogen-bond acceptors (Lipinski definition) is 3. The van der Waals surface area contributed by atoms with E-state index in [0.717, 1.165) is 31.8 Å². The monoisotopic (exact) mass is 244 g/mol. The molecule has 0 aromatic carbocycles. The molecule has 0 amide bonds. The van der Waals surface area contributed by atoms with E-state index in [9.17, 15) is 0 Å². The minimum Gasteiger partial charge on any atom is -0.448 e. The standard InChI is InChI=1S/C12H21ClN2O/c1-12(2,3)15-8-4-7-14-9-10-5-6-11(13)16-10/h5-6,14-15H,4,7-9H2,1-3H3. The second-order valence-corrected chi connectivity index (χ2v) is 5.29. The number of rotatable bonds is 6. The first kappa shape index (κ1) is 13.6. The molecule has 0 aliphatic heterocycles. The van der Waals surface area contributed by atoms with Gasteiger partial charge in [-0.25, -0.2) is 0 Å². The van der Waals surface area contributed by atoms with Crippen molar-refractivity contribution in [3.63, 3.8) is 0 Å². The maximum absolute atomic E-state index is 5.67. The molecule has 3 nitrogen and oxygen atoms in total. The van der Waals surface area contributed by atoms with Crippen LogP contribution < -0.4 is 10.6 Å². The van der Waals surface area contributed by atoms with Gasteiger partial charge in [0.05, 0.1) is 6.54 Å². The van der Waals surface area contributed by atoms with Crippen molar-refractivity contribution in [1.29, 1.82) is 0 Å². The summed E-state index contributed by atoms with van der Waals surface area (Å²) in [6.45, 7) is 9.25. The fourth-order valence-corrected chi connectivity index (χ4v) is 1.50. The third-order valence-corrected chi connectivity index (χ3v) is 2.32. The summed E-state index contributed by atoms with van der Waals surface area (Å²) in [5, 5.41) is 7.20. The lowest BCUT2D eigenvalue weighted by Crippen LogP contribution is -2.37. The predicted molar refractivity (Wildman–Crippen MR) is 67.8 cm³/mol. The highest BCUT2D eigenvalue weighted by atomic mass is 35.5. The van der Waals surface area contributed by atoms with Gasteiger partial charge in [0, 0.05) is 5.54 Å². The van der Waals surface area contributed by atoms with Gasteiger partial charge < -0.3 is 15.1 Å². The van der Waals surface area contributed by atoms with Gasteiger partial charge in [0.15, 0.2) is 5.22 Å². The fourth-order valence-electron chi connectivity index (χ4n) is 1.34. The van der Waals surface area contributed by atoms with Crippen molar-refractivity contribution in [3.05, 3.63) is 23.1 Å². The molecule has 0 aliphatic rings. The molecule has 1 heterocycles. The van der Waals surface area contributed by atoms with Gasteiger partial charge in [-0.2, -0.15) is 0 Å². The molecule has 1 aromatic rings. The molecular formula is C12H21ClN2O. The van der Waals surface area contributed by atoms with Crippen molar-refractivity contribution in [2.75, 3.05) is 13.1 Å². The molecule has 1 rings (SSSR count). The Labute approximate surface area is 103 Å². The zero-order valence-electron chi connectivity index (χ0n) is 10.3. The maximum Gasteiger partial charge on any atom is 0.193 e. The van der Waals surface area contributed by atoms with Gasteiger partial charge in [0.1, 0.15) is 5.76 Å². The third kappa shape index (κ3) is 6.16. The maximum atomic E-state index is 5.67. The largest absolute Gasteiger partial charge is 0.448 e. The van der Waals surface area contributed by atoms with Crippen LogP contribution in [0.5, 0.6) is 0 Å². The Morgan fingerprint density at radius 3 is 2.56 bits per heavy atom. The van der Waals surface area contributed by atoms with E-state index in [0.29, 0.717) is 5.22 Å². The topological polar surface area (TPSA) is 37.2 Å². The van der Waals surface area contributed by atoms with E-state index in [2.05, 4.69) is 31.4 Å². The van der Waals surface area contributed by atoms with Crippen LogP contribution in [0, 0.1) is 0 Å². The van der Waals surface area contributed by atoms with Crippen LogP contribution in [0.1, 0.15) is 33.0 Å². The molecule has 0 unspecified atom stereocenters. The van der Waals surface area contributed by atoms with Crippen molar-refractivity contribution in [2.45, 2.75) is 39.3 Å². The highest BCUT2D eigenvalue weighted by molar-refractivity contribution is 6.28. The summed E-state index contributed by atoms with van der Waals surface area (Å²) in [6.07, 6.45) is 1.10. The lowest BCUT2D eigenvalue weighted by Gasteiger charge is -2.20. The summed E-state index contributed by atoms with van der Waals surface area (Å²) in [4.78, 5) is 0. The molecule has 2 N–H and O–H groups in total. The third-order valence-electron chi connectivity index (χ3n) is 2.11. The van der Waals surface area contributed by atoms with E-state index in [-0.39, 0.29) is 5.54 Å². The molecule has 0 fully saturated rings. The summed E-state index contributed by atoms with van der Waals surface area (Å²) >= 11 is 5.67. The fraction of sp³-hybridized carbons (Fsp3) is 0.667. The van der Waals surface area contributed by atoms with Crippen molar-refractivity contribution < 1.29 is 4.42 Å². The molecule has 16 heavy (non-hydrogen) atoms. The average molecular weight is 245 g/mol. The smallest absolute Gasteiger partial charge is 0.193 e. The predicted octanol–water partition coefficient (Wildman–Crippen LogP) is 2.80. The van der Waals surface area contributed by atoms with E-state index in [4.69, 9.17) is 16.0 Å². The highest BCUT2D eigenvalue weighted by Crippen LogP contribution is 2.12. The molecule has 0 aliphatic carbocycles. The molecule has 0 spiro atoms. The zero-order valence-corrected chi connectivity index (χ0v) is 11.0. The van der Waals surface area contributed by atoms with Crippen molar-refractivity contribution in [1.82, 2.24) is 10.6 Å². The van der Waals surface area contributed by atoms with Crippen LogP contribution in [-0.2, 0) is 6.54 Å². The van der Waals surface area contributed by atoms with E-state index in [1.54, 1.807) is 6.07 Å². The van der Waals surface area contributed by atoms with Gasteiger partial charge in [0.25, 0.3) is 0 Å². The van der Waals surface area contributed by atoms with E-state index in [1.807, 2.05) is 6.07 Å². The summed E-state index contributed by atoms with van der Waals surface area (Å²) in [5.74, 6) is 0.883. The summed E-state index contributed by atoms with van der Waals surface area (Å²) in [6, 6.07) is 3.66. The first-order valence-electron chi connectivity index (χ1n) is 5.67. The number of nitrogens with one attached hydrogen (secondary N) is 2. The van der Waals surface area contributed by atoms with E-state index >= 15 is 0 Å². The van der Waals surface area contributed by atoms with Crippen LogP contribution >= 0.6 is 11.6 Å². The number of halogens is 1. The molecule has 92 valence electrons. The second-order valence-electron chi connectivity index (χ2n) is 4.91. The summed E-state index contributed by atoms with van der Waals surface area (Å²) < 4.78 is 5.23. The lowest BCUT2D eigenvalue weighted by atomic mass is 10.1. The summed E-state index contributed by atoms with van der Waals surface area (Å²) in [7, 11) is 0. The first-order valence-corrected chi connectivity index (χ1v) is 6.05. The zero-order chi connectivity index (χ0) is 12.0. The van der Waals surface area contributed by atoms with Crippen LogP contribution in [0.15, 0.2) is 16.5 Å². The van der Waals surface area contributed by atoms with Gasteiger partial charge >= 0.3 is 0 Å². The minimum atomic E-state index is 0.203. The quantitative estimate of drug-likeness (QED) is 0.756. The molecule has 0 saturated carbocycles. The Morgan fingerprint density at radius 2 is 2.00 bits per heavy atom. The Hall–Kier alpha value is -0.510. The molecule has 0 atom stereocenters. The van der Waals surface area contributed by atoms with Crippen LogP contribution in [0.2, 0.25) is 5.22 Å². The van der Waals surface area contributed by atoms with Gasteiger partial charge in [-0.15, -0.1) is 0 Å². The Morgan fingerprint density at radius 1 is 1.25 bits per heavy atom. The van der Waals surface area contributed by atoms with Gasteiger partial charge in [0.2, 0.25) is 0 Å². The van der Waals surface area contributed by atoms with Gasteiger partial charge in [-0.1, -0.05) is 0 Å².